The normalized spacial score (nSPS) is 13.3. The third-order valence-electron chi connectivity index (χ3n) is 2.71. The van der Waals surface area contributed by atoms with Gasteiger partial charge in [-0.3, -0.25) is 4.79 Å². The molecule has 17 heavy (non-hydrogen) atoms. The standard InChI is InChI=1S/C14H16O3/c1-3-5-13(12(4-2)14(16)17)10-6-8-11(15)9-7-10/h6-9,12-13,15H,4H2,1-2H3,(H,16,17)/t12?,13-/m1/s1. The number of hydrogen-bond donors (Lipinski definition) is 2. The number of carboxylic acid groups (broad SMARTS) is 1. The van der Waals surface area contributed by atoms with Crippen molar-refractivity contribution >= 4 is 5.97 Å². The van der Waals surface area contributed by atoms with Gasteiger partial charge in [-0.25, -0.2) is 0 Å². The molecule has 0 heterocycles. The molecule has 0 radical (unpaired) electrons. The first kappa shape index (κ1) is 13.1. The third-order valence-corrected chi connectivity index (χ3v) is 2.71. The van der Waals surface area contributed by atoms with Gasteiger partial charge in [0.15, 0.2) is 0 Å². The molecule has 0 bridgehead atoms. The van der Waals surface area contributed by atoms with Crippen molar-refractivity contribution in [3.05, 3.63) is 29.8 Å². The topological polar surface area (TPSA) is 57.5 Å². The summed E-state index contributed by atoms with van der Waals surface area (Å²) in [5.74, 6) is 4.19. The lowest BCUT2D eigenvalue weighted by atomic mass is 9.85. The number of hydrogen-bond acceptors (Lipinski definition) is 2. The van der Waals surface area contributed by atoms with E-state index in [0.717, 1.165) is 5.56 Å². The molecule has 0 aromatic heterocycles. The van der Waals surface area contributed by atoms with Crippen LogP contribution in [0.15, 0.2) is 24.3 Å². The summed E-state index contributed by atoms with van der Waals surface area (Å²) in [4.78, 5) is 11.2. The van der Waals surface area contributed by atoms with E-state index in [9.17, 15) is 9.90 Å². The van der Waals surface area contributed by atoms with E-state index >= 15 is 0 Å². The number of carboxylic acids is 1. The first-order valence-corrected chi connectivity index (χ1v) is 5.54. The molecule has 2 N–H and O–H groups in total. The lowest BCUT2D eigenvalue weighted by molar-refractivity contribution is -0.142. The Kier molecular flexibility index (Phi) is 4.59. The van der Waals surface area contributed by atoms with Gasteiger partial charge in [-0.2, -0.15) is 0 Å². The van der Waals surface area contributed by atoms with Crippen LogP contribution < -0.4 is 0 Å². The number of rotatable bonds is 4. The minimum absolute atomic E-state index is 0.167. The largest absolute Gasteiger partial charge is 0.508 e. The number of benzene rings is 1. The van der Waals surface area contributed by atoms with Crippen LogP contribution in [-0.4, -0.2) is 16.2 Å². The minimum atomic E-state index is -0.840. The lowest BCUT2D eigenvalue weighted by Crippen LogP contribution is -2.20. The highest BCUT2D eigenvalue weighted by molar-refractivity contribution is 5.72. The van der Waals surface area contributed by atoms with E-state index in [4.69, 9.17) is 5.11 Å². The maximum atomic E-state index is 11.2. The molecule has 1 aromatic rings. The Morgan fingerprint density at radius 3 is 2.35 bits per heavy atom. The molecular weight excluding hydrogens is 216 g/mol. The molecule has 0 amide bonds. The number of phenols is 1. The molecule has 0 spiro atoms. The van der Waals surface area contributed by atoms with Crippen LogP contribution in [0.1, 0.15) is 31.7 Å². The fourth-order valence-corrected chi connectivity index (χ4v) is 1.81. The summed E-state index contributed by atoms with van der Waals surface area (Å²) in [6.45, 7) is 3.53. The quantitative estimate of drug-likeness (QED) is 0.784. The van der Waals surface area contributed by atoms with Crippen molar-refractivity contribution in [2.24, 2.45) is 5.92 Å². The fourth-order valence-electron chi connectivity index (χ4n) is 1.81. The highest BCUT2D eigenvalue weighted by Crippen LogP contribution is 2.28. The van der Waals surface area contributed by atoms with Crippen molar-refractivity contribution < 1.29 is 15.0 Å². The van der Waals surface area contributed by atoms with Gasteiger partial charge in [-0.1, -0.05) is 25.0 Å². The molecule has 1 unspecified atom stereocenters. The summed E-state index contributed by atoms with van der Waals surface area (Å²) in [7, 11) is 0. The van der Waals surface area contributed by atoms with Crippen molar-refractivity contribution in [3.8, 4) is 17.6 Å². The van der Waals surface area contributed by atoms with Crippen LogP contribution >= 0.6 is 0 Å². The number of phenolic OH excluding ortho intramolecular Hbond substituents is 1. The average Bonchev–Trinajstić information content (AvgIpc) is 2.29. The molecule has 0 aliphatic rings. The van der Waals surface area contributed by atoms with Gasteiger partial charge in [0.05, 0.1) is 11.8 Å². The second-order valence-corrected chi connectivity index (χ2v) is 3.82. The van der Waals surface area contributed by atoms with Crippen molar-refractivity contribution in [3.63, 3.8) is 0 Å². The molecule has 0 aliphatic carbocycles. The van der Waals surface area contributed by atoms with Crippen LogP contribution in [0.3, 0.4) is 0 Å². The molecule has 2 atom stereocenters. The van der Waals surface area contributed by atoms with E-state index in [1.54, 1.807) is 31.2 Å². The van der Waals surface area contributed by atoms with Crippen LogP contribution in [0, 0.1) is 17.8 Å². The van der Waals surface area contributed by atoms with Gasteiger partial charge in [0.1, 0.15) is 5.75 Å². The highest BCUT2D eigenvalue weighted by atomic mass is 16.4. The van der Waals surface area contributed by atoms with E-state index in [-0.39, 0.29) is 11.7 Å². The van der Waals surface area contributed by atoms with Crippen LogP contribution in [0.5, 0.6) is 5.75 Å². The summed E-state index contributed by atoms with van der Waals surface area (Å²) in [5, 5.41) is 18.4. The fraction of sp³-hybridized carbons (Fsp3) is 0.357. The SMILES string of the molecule is CC#C[C@H](c1ccc(O)cc1)C(CC)C(=O)O. The number of aromatic hydroxyl groups is 1. The molecule has 1 rings (SSSR count). The van der Waals surface area contributed by atoms with Gasteiger partial charge in [-0.15, -0.1) is 5.92 Å². The van der Waals surface area contributed by atoms with Crippen LogP contribution in [-0.2, 0) is 4.79 Å². The zero-order chi connectivity index (χ0) is 12.8. The molecular formula is C14H16O3. The Balaban J connectivity index is 3.10. The van der Waals surface area contributed by atoms with E-state index in [1.165, 1.54) is 0 Å². The van der Waals surface area contributed by atoms with Crippen molar-refractivity contribution in [1.29, 1.82) is 0 Å². The van der Waals surface area contributed by atoms with E-state index in [0.29, 0.717) is 6.42 Å². The molecule has 3 heteroatoms. The maximum absolute atomic E-state index is 11.2. The second-order valence-electron chi connectivity index (χ2n) is 3.82. The predicted molar refractivity (Wildman–Crippen MR) is 65.7 cm³/mol. The first-order valence-electron chi connectivity index (χ1n) is 5.54. The molecule has 0 saturated carbocycles. The number of aliphatic carboxylic acids is 1. The smallest absolute Gasteiger partial charge is 0.308 e. The van der Waals surface area contributed by atoms with Crippen LogP contribution in [0.25, 0.3) is 0 Å². The Hall–Kier alpha value is -1.95. The molecule has 3 nitrogen and oxygen atoms in total. The summed E-state index contributed by atoms with van der Waals surface area (Å²) in [6.07, 6.45) is 0.523. The van der Waals surface area contributed by atoms with Gasteiger partial charge in [0.25, 0.3) is 0 Å². The second kappa shape index (κ2) is 5.95. The zero-order valence-corrected chi connectivity index (χ0v) is 9.97. The van der Waals surface area contributed by atoms with Crippen LogP contribution in [0.2, 0.25) is 0 Å². The van der Waals surface area contributed by atoms with Gasteiger partial charge >= 0.3 is 5.97 Å². The van der Waals surface area contributed by atoms with Crippen molar-refractivity contribution in [1.82, 2.24) is 0 Å². The van der Waals surface area contributed by atoms with Crippen LogP contribution in [0.4, 0.5) is 0 Å². The lowest BCUT2D eigenvalue weighted by Gasteiger charge is -2.18. The van der Waals surface area contributed by atoms with Gasteiger partial charge in [0.2, 0.25) is 0 Å². The minimum Gasteiger partial charge on any atom is -0.508 e. The zero-order valence-electron chi connectivity index (χ0n) is 9.97. The van der Waals surface area contributed by atoms with E-state index < -0.39 is 11.9 Å². The van der Waals surface area contributed by atoms with Gasteiger partial charge in [0, 0.05) is 0 Å². The Bertz CT molecular complexity index is 437. The van der Waals surface area contributed by atoms with E-state index in [2.05, 4.69) is 11.8 Å². The third kappa shape index (κ3) is 3.25. The molecule has 90 valence electrons. The summed E-state index contributed by atoms with van der Waals surface area (Å²) in [5.41, 5.74) is 0.825. The first-order chi connectivity index (χ1) is 8.10. The highest BCUT2D eigenvalue weighted by Gasteiger charge is 2.26. The van der Waals surface area contributed by atoms with Crippen molar-refractivity contribution in [2.45, 2.75) is 26.2 Å². The Morgan fingerprint density at radius 1 is 1.35 bits per heavy atom. The predicted octanol–water partition coefficient (Wildman–Crippen LogP) is 2.61. The maximum Gasteiger partial charge on any atom is 0.308 e. The molecule has 0 fully saturated rings. The Morgan fingerprint density at radius 2 is 1.94 bits per heavy atom. The summed E-state index contributed by atoms with van der Waals surface area (Å²) in [6, 6.07) is 6.54. The monoisotopic (exact) mass is 232 g/mol. The van der Waals surface area contributed by atoms with Gasteiger partial charge < -0.3 is 10.2 Å². The molecule has 0 saturated heterocycles. The Labute approximate surface area is 101 Å². The van der Waals surface area contributed by atoms with Crippen molar-refractivity contribution in [2.75, 3.05) is 0 Å². The van der Waals surface area contributed by atoms with E-state index in [1.807, 2.05) is 6.92 Å². The summed E-state index contributed by atoms with van der Waals surface area (Å²) < 4.78 is 0. The average molecular weight is 232 g/mol. The molecule has 1 aromatic carbocycles. The summed E-state index contributed by atoms with van der Waals surface area (Å²) >= 11 is 0. The number of carbonyl (C=O) groups is 1. The van der Waals surface area contributed by atoms with Gasteiger partial charge in [-0.05, 0) is 31.0 Å². The molecule has 0 aliphatic heterocycles.